The van der Waals surface area contributed by atoms with Gasteiger partial charge >= 0.3 is 5.69 Å². The van der Waals surface area contributed by atoms with Gasteiger partial charge in [-0.1, -0.05) is 18.7 Å². The van der Waals surface area contributed by atoms with Gasteiger partial charge in [0.25, 0.3) is 5.56 Å². The Morgan fingerprint density at radius 3 is 2.88 bits per heavy atom. The number of nitrogens with one attached hydrogen (secondary N) is 1. The van der Waals surface area contributed by atoms with Gasteiger partial charge in [0.15, 0.2) is 5.78 Å². The van der Waals surface area contributed by atoms with Crippen LogP contribution in [-0.4, -0.2) is 31.1 Å². The molecule has 0 saturated carbocycles. The van der Waals surface area contributed by atoms with Gasteiger partial charge in [-0.25, -0.2) is 14.8 Å². The van der Waals surface area contributed by atoms with Crippen LogP contribution in [0.5, 0.6) is 0 Å². The van der Waals surface area contributed by atoms with Gasteiger partial charge < -0.3 is 5.73 Å². The summed E-state index contributed by atoms with van der Waals surface area (Å²) in [4.78, 5) is 48.5. The fraction of sp³-hybridized carbons (Fsp3) is 0.267. The predicted molar refractivity (Wildman–Crippen MR) is 98.6 cm³/mol. The van der Waals surface area contributed by atoms with E-state index < -0.39 is 17.0 Å². The number of rotatable bonds is 5. The predicted octanol–water partition coefficient (Wildman–Crippen LogP) is 1.20. The summed E-state index contributed by atoms with van der Waals surface area (Å²) in [5, 5.41) is 1.57. The Labute approximate surface area is 150 Å². The number of ketones is 1. The van der Waals surface area contributed by atoms with E-state index in [1.54, 1.807) is 11.3 Å². The zero-order valence-electron chi connectivity index (χ0n) is 13.5. The quantitative estimate of drug-likeness (QED) is 0.389. The van der Waals surface area contributed by atoms with E-state index in [2.05, 4.69) is 21.9 Å². The number of aromatic nitrogens is 4. The Bertz CT molecular complexity index is 1080. The topological polar surface area (TPSA) is 124 Å². The van der Waals surface area contributed by atoms with Crippen LogP contribution in [0, 0.1) is 0 Å². The number of carbonyl (C=O) groups is 1. The third-order valence-corrected chi connectivity index (χ3v) is 5.87. The maximum Gasteiger partial charge on any atom is 0.329 e. The van der Waals surface area contributed by atoms with Crippen LogP contribution in [0.15, 0.2) is 27.0 Å². The second-order valence-electron chi connectivity index (χ2n) is 5.25. The molecule has 10 heteroatoms. The smallest absolute Gasteiger partial charge is 0.329 e. The van der Waals surface area contributed by atoms with Crippen molar-refractivity contribution in [2.24, 2.45) is 7.05 Å². The van der Waals surface area contributed by atoms with Crippen molar-refractivity contribution in [2.45, 2.75) is 18.4 Å². The van der Waals surface area contributed by atoms with Crippen molar-refractivity contribution < 1.29 is 4.79 Å². The highest BCUT2D eigenvalue weighted by atomic mass is 32.2. The summed E-state index contributed by atoms with van der Waals surface area (Å²) in [5.41, 5.74) is 4.11. The molecule has 0 bridgehead atoms. The number of anilines is 1. The molecule has 25 heavy (non-hydrogen) atoms. The lowest BCUT2D eigenvalue weighted by molar-refractivity contribution is 0.102. The Balaban J connectivity index is 1.89. The number of nitrogens with two attached hydrogens (primary N) is 1. The molecule has 3 aromatic heterocycles. The molecule has 0 fully saturated rings. The van der Waals surface area contributed by atoms with Gasteiger partial charge in [-0.2, -0.15) is 0 Å². The number of nitrogen functional groups attached to an aromatic ring is 1. The fourth-order valence-corrected chi connectivity index (χ4v) is 4.13. The number of fused-ring (bicyclic) bond motifs is 1. The minimum absolute atomic E-state index is 0.0189. The van der Waals surface area contributed by atoms with E-state index >= 15 is 0 Å². The third-order valence-electron chi connectivity index (χ3n) is 3.68. The molecule has 0 aromatic carbocycles. The van der Waals surface area contributed by atoms with Crippen molar-refractivity contribution in [3.05, 3.63) is 43.7 Å². The van der Waals surface area contributed by atoms with E-state index in [1.807, 2.05) is 6.07 Å². The first kappa shape index (κ1) is 17.4. The van der Waals surface area contributed by atoms with Crippen LogP contribution in [-0.2, 0) is 13.5 Å². The molecule has 3 N–H and O–H groups in total. The van der Waals surface area contributed by atoms with Crippen LogP contribution >= 0.6 is 23.1 Å². The highest BCUT2D eigenvalue weighted by molar-refractivity contribution is 8.00. The largest absolute Gasteiger partial charge is 0.384 e. The summed E-state index contributed by atoms with van der Waals surface area (Å²) in [7, 11) is 1.39. The molecule has 0 atom stereocenters. The van der Waals surface area contributed by atoms with Gasteiger partial charge in [0, 0.05) is 17.3 Å². The zero-order valence-corrected chi connectivity index (χ0v) is 15.2. The number of H-pyrrole nitrogens is 1. The molecule has 0 spiro atoms. The Morgan fingerprint density at radius 1 is 1.40 bits per heavy atom. The van der Waals surface area contributed by atoms with Gasteiger partial charge in [0.2, 0.25) is 0 Å². The first-order valence-electron chi connectivity index (χ1n) is 7.40. The minimum atomic E-state index is -0.775. The number of Topliss-reactive ketones (excluding diaryl/α,β-unsaturated/α-hetero) is 1. The highest BCUT2D eigenvalue weighted by Gasteiger charge is 2.19. The van der Waals surface area contributed by atoms with Gasteiger partial charge in [0.1, 0.15) is 27.6 Å². The van der Waals surface area contributed by atoms with Gasteiger partial charge in [0.05, 0.1) is 5.75 Å². The van der Waals surface area contributed by atoms with E-state index in [4.69, 9.17) is 5.73 Å². The van der Waals surface area contributed by atoms with Crippen molar-refractivity contribution >= 4 is 44.9 Å². The molecule has 0 aliphatic carbocycles. The van der Waals surface area contributed by atoms with E-state index in [0.29, 0.717) is 5.03 Å². The summed E-state index contributed by atoms with van der Waals surface area (Å²) in [6, 6.07) is 2.01. The Kier molecular flexibility index (Phi) is 4.73. The lowest BCUT2D eigenvalue weighted by atomic mass is 10.2. The molecule has 8 nitrogen and oxygen atoms in total. The number of nitrogens with zero attached hydrogens (tertiary/aromatic N) is 3. The third kappa shape index (κ3) is 3.22. The number of hydrogen-bond acceptors (Lipinski definition) is 8. The molecular weight excluding hydrogens is 362 g/mol. The lowest BCUT2D eigenvalue weighted by Crippen LogP contribution is -2.35. The normalized spacial score (nSPS) is 11.1. The van der Waals surface area contributed by atoms with Crippen LogP contribution in [0.1, 0.15) is 22.2 Å². The van der Waals surface area contributed by atoms with Crippen molar-refractivity contribution in [2.75, 3.05) is 11.5 Å². The minimum Gasteiger partial charge on any atom is -0.384 e. The fourth-order valence-electron chi connectivity index (χ4n) is 2.29. The maximum atomic E-state index is 12.4. The molecule has 3 aromatic rings. The van der Waals surface area contributed by atoms with Crippen LogP contribution in [0.4, 0.5) is 5.82 Å². The standard InChI is InChI=1S/C15H15N5O3S2/c1-3-7-4-8-13(17-6-18-14(8)25-7)24-5-9(21)10-11(16)20(2)15(23)19-12(10)22/h4,6H,3,5,16H2,1-2H3,(H,19,22,23). The van der Waals surface area contributed by atoms with Crippen molar-refractivity contribution in [3.8, 4) is 0 Å². The van der Waals surface area contributed by atoms with Crippen molar-refractivity contribution in [1.82, 2.24) is 19.5 Å². The first-order valence-corrected chi connectivity index (χ1v) is 9.20. The van der Waals surface area contributed by atoms with E-state index in [9.17, 15) is 14.4 Å². The summed E-state index contributed by atoms with van der Waals surface area (Å²) < 4.78 is 1.04. The number of carbonyl (C=O) groups excluding carboxylic acids is 1. The summed E-state index contributed by atoms with van der Waals surface area (Å²) in [6.45, 7) is 2.06. The molecule has 0 amide bonds. The molecule has 3 heterocycles. The van der Waals surface area contributed by atoms with Crippen LogP contribution in [0.3, 0.4) is 0 Å². The molecule has 0 aliphatic rings. The zero-order chi connectivity index (χ0) is 18.1. The highest BCUT2D eigenvalue weighted by Crippen LogP contribution is 2.31. The second kappa shape index (κ2) is 6.81. The maximum absolute atomic E-state index is 12.4. The van der Waals surface area contributed by atoms with E-state index in [-0.39, 0.29) is 17.1 Å². The number of thiophene rings is 1. The second-order valence-corrected chi connectivity index (χ2v) is 7.33. The average Bonchev–Trinajstić information content (AvgIpc) is 3.01. The van der Waals surface area contributed by atoms with Gasteiger partial charge in [-0.15, -0.1) is 11.3 Å². The van der Waals surface area contributed by atoms with Gasteiger partial charge in [-0.05, 0) is 12.5 Å². The molecule has 0 unspecified atom stereocenters. The Morgan fingerprint density at radius 2 is 2.16 bits per heavy atom. The number of aromatic amines is 1. The van der Waals surface area contributed by atoms with E-state index in [0.717, 1.165) is 21.2 Å². The average molecular weight is 377 g/mol. The molecule has 0 saturated heterocycles. The molecule has 0 aliphatic heterocycles. The molecular formula is C15H15N5O3S2. The first-order chi connectivity index (χ1) is 11.9. The van der Waals surface area contributed by atoms with Crippen LogP contribution in [0.2, 0.25) is 0 Å². The van der Waals surface area contributed by atoms with E-state index in [1.165, 1.54) is 30.0 Å². The molecule has 130 valence electrons. The van der Waals surface area contributed by atoms with Gasteiger partial charge in [-0.3, -0.25) is 19.1 Å². The number of hydrogen-bond donors (Lipinski definition) is 2. The van der Waals surface area contributed by atoms with Crippen molar-refractivity contribution in [1.29, 1.82) is 0 Å². The SMILES string of the molecule is CCc1cc2c(SCC(=O)c3c(N)n(C)c(=O)[nH]c3=O)ncnc2s1. The monoisotopic (exact) mass is 377 g/mol. The number of thioether (sulfide) groups is 1. The summed E-state index contributed by atoms with van der Waals surface area (Å²) >= 11 is 2.80. The van der Waals surface area contributed by atoms with Crippen LogP contribution < -0.4 is 17.0 Å². The molecule has 3 rings (SSSR count). The molecule has 0 radical (unpaired) electrons. The van der Waals surface area contributed by atoms with Crippen molar-refractivity contribution in [3.63, 3.8) is 0 Å². The Hall–Kier alpha value is -2.46. The summed E-state index contributed by atoms with van der Waals surface area (Å²) in [6.07, 6.45) is 2.35. The lowest BCUT2D eigenvalue weighted by Gasteiger charge is -2.07. The number of aryl methyl sites for hydroxylation is 1. The summed E-state index contributed by atoms with van der Waals surface area (Å²) in [5.74, 6) is -0.623. The van der Waals surface area contributed by atoms with Crippen LogP contribution in [0.25, 0.3) is 10.2 Å².